The van der Waals surface area contributed by atoms with E-state index in [-0.39, 0.29) is 12.1 Å². The van der Waals surface area contributed by atoms with Crippen LogP contribution in [0.1, 0.15) is 11.1 Å². The van der Waals surface area contributed by atoms with Crippen molar-refractivity contribution >= 4 is 57.6 Å². The molecule has 2 aromatic carbocycles. The number of rotatable bonds is 4. The molecule has 0 saturated heterocycles. The van der Waals surface area contributed by atoms with E-state index < -0.39 is 71.1 Å². The minimum Gasteiger partial charge on any atom is -0.347 e. The van der Waals surface area contributed by atoms with Gasteiger partial charge in [-0.1, -0.05) is 34.8 Å². The Hall–Kier alpha value is -2.51. The van der Waals surface area contributed by atoms with Gasteiger partial charge >= 0.3 is 12.4 Å². The lowest BCUT2D eigenvalue weighted by Crippen LogP contribution is -2.13. The summed E-state index contributed by atoms with van der Waals surface area (Å²) in [5.41, 5.74) is -8.67. The molecule has 0 aliphatic carbocycles. The van der Waals surface area contributed by atoms with Gasteiger partial charge in [0.1, 0.15) is 5.69 Å². The maximum atomic E-state index is 13.4. The summed E-state index contributed by atoms with van der Waals surface area (Å²) in [6, 6.07) is 0.683. The Morgan fingerprint density at radius 2 is 1.37 bits per heavy atom. The summed E-state index contributed by atoms with van der Waals surface area (Å²) in [7, 11) is 0. The van der Waals surface area contributed by atoms with E-state index in [4.69, 9.17) is 34.8 Å². The van der Waals surface area contributed by atoms with E-state index in [1.807, 2.05) is 0 Å². The summed E-state index contributed by atoms with van der Waals surface area (Å²) in [6.45, 7) is 0. The van der Waals surface area contributed by atoms with Gasteiger partial charge in [-0.05, 0) is 6.07 Å². The quantitative estimate of drug-likeness (QED) is 0.272. The molecule has 0 amide bonds. The van der Waals surface area contributed by atoms with Crippen LogP contribution in [0.25, 0.3) is 0 Å². The van der Waals surface area contributed by atoms with Gasteiger partial charge in [-0.15, -0.1) is 0 Å². The number of halogens is 9. The van der Waals surface area contributed by atoms with E-state index in [2.05, 4.69) is 0 Å². The summed E-state index contributed by atoms with van der Waals surface area (Å²) in [5.74, 6) is 0. The molecule has 16 heteroatoms. The first-order valence-corrected chi connectivity index (χ1v) is 8.24. The van der Waals surface area contributed by atoms with E-state index in [0.717, 1.165) is 0 Å². The van der Waals surface area contributed by atoms with Crippen LogP contribution in [0.2, 0.25) is 15.1 Å². The zero-order valence-electron chi connectivity index (χ0n) is 13.7. The molecule has 0 radical (unpaired) electrons. The molecule has 0 aromatic heterocycles. The predicted molar refractivity (Wildman–Crippen MR) is 94.5 cm³/mol. The number of non-ortho nitro benzene ring substituents is 1. The first-order chi connectivity index (χ1) is 13.6. The van der Waals surface area contributed by atoms with Gasteiger partial charge in [-0.25, -0.2) is 0 Å². The molecule has 0 aliphatic rings. The number of hydrogen-bond acceptors (Lipinski definition) is 5. The fraction of sp³-hybridized carbons (Fsp3) is 0.143. The van der Waals surface area contributed by atoms with E-state index in [1.165, 1.54) is 0 Å². The van der Waals surface area contributed by atoms with Crippen LogP contribution in [0, 0.1) is 20.2 Å². The molecule has 0 spiro atoms. The second-order valence-corrected chi connectivity index (χ2v) is 6.62. The molecule has 1 N–H and O–H groups in total. The average molecular weight is 499 g/mol. The molecule has 0 saturated carbocycles. The highest BCUT2D eigenvalue weighted by atomic mass is 35.5. The standard InChI is InChI=1S/C14H4Cl3F6N3O4/c15-6-3-7(16)12(10(17)9(6)14(21,22)23)24-11-5(13(18,19)20)1-4(25(27)28)2-8(11)26(29)30/h1-3,24H. The molecule has 0 atom stereocenters. The molecule has 2 aromatic rings. The van der Waals surface area contributed by atoms with Crippen molar-refractivity contribution in [3.8, 4) is 0 Å². The topological polar surface area (TPSA) is 98.3 Å². The number of nitro benzene ring substituents is 2. The first kappa shape index (κ1) is 23.8. The van der Waals surface area contributed by atoms with Crippen LogP contribution in [0.4, 0.5) is 49.1 Å². The molecule has 7 nitrogen and oxygen atoms in total. The van der Waals surface area contributed by atoms with Crippen LogP contribution >= 0.6 is 34.8 Å². The number of anilines is 2. The van der Waals surface area contributed by atoms with Crippen LogP contribution in [0.3, 0.4) is 0 Å². The van der Waals surface area contributed by atoms with Crippen LogP contribution in [-0.4, -0.2) is 9.85 Å². The number of nitro groups is 2. The summed E-state index contributed by atoms with van der Waals surface area (Å²) >= 11 is 16.8. The third kappa shape index (κ3) is 4.63. The van der Waals surface area contributed by atoms with Crippen LogP contribution in [0.15, 0.2) is 18.2 Å². The Kier molecular flexibility index (Phi) is 6.31. The third-order valence-electron chi connectivity index (χ3n) is 3.52. The summed E-state index contributed by atoms with van der Waals surface area (Å²) in [5, 5.41) is 20.9. The lowest BCUT2D eigenvalue weighted by Gasteiger charge is -2.19. The Bertz CT molecular complexity index is 1060. The fourth-order valence-corrected chi connectivity index (χ4v) is 3.38. The summed E-state index contributed by atoms with van der Waals surface area (Å²) < 4.78 is 79.8. The first-order valence-electron chi connectivity index (χ1n) is 7.11. The van der Waals surface area contributed by atoms with Gasteiger partial charge in [-0.2, -0.15) is 26.3 Å². The van der Waals surface area contributed by atoms with Crippen LogP contribution in [0.5, 0.6) is 0 Å². The second-order valence-electron chi connectivity index (χ2n) is 5.43. The van der Waals surface area contributed by atoms with E-state index in [9.17, 15) is 46.6 Å². The van der Waals surface area contributed by atoms with Gasteiger partial charge in [0, 0.05) is 6.07 Å². The van der Waals surface area contributed by atoms with Crippen molar-refractivity contribution in [1.29, 1.82) is 0 Å². The highest BCUT2D eigenvalue weighted by molar-refractivity contribution is 6.43. The minimum absolute atomic E-state index is 0.0300. The Morgan fingerprint density at radius 3 is 1.80 bits per heavy atom. The monoisotopic (exact) mass is 497 g/mol. The zero-order chi connectivity index (χ0) is 23.2. The van der Waals surface area contributed by atoms with E-state index in [1.54, 1.807) is 5.32 Å². The van der Waals surface area contributed by atoms with Crippen molar-refractivity contribution in [3.05, 3.63) is 64.6 Å². The molecule has 0 aliphatic heterocycles. The van der Waals surface area contributed by atoms with Gasteiger partial charge in [-0.3, -0.25) is 20.2 Å². The van der Waals surface area contributed by atoms with Crippen molar-refractivity contribution in [2.75, 3.05) is 5.32 Å². The maximum Gasteiger partial charge on any atom is 0.419 e. The fourth-order valence-electron chi connectivity index (χ4n) is 2.31. The van der Waals surface area contributed by atoms with Crippen molar-refractivity contribution in [1.82, 2.24) is 0 Å². The number of alkyl halides is 6. The SMILES string of the molecule is O=[N+]([O-])c1cc([N+](=O)[O-])c(Nc2c(Cl)cc(Cl)c(C(F)(F)F)c2Cl)c(C(F)(F)F)c1. The number of nitrogens with zero attached hydrogens (tertiary/aromatic N) is 2. The largest absolute Gasteiger partial charge is 0.419 e. The number of hydrogen-bond donors (Lipinski definition) is 1. The van der Waals surface area contributed by atoms with Crippen LogP contribution in [-0.2, 0) is 12.4 Å². The molecule has 30 heavy (non-hydrogen) atoms. The van der Waals surface area contributed by atoms with Gasteiger partial charge < -0.3 is 5.32 Å². The summed E-state index contributed by atoms with van der Waals surface area (Å²) in [4.78, 5) is 19.4. The minimum atomic E-state index is -5.38. The lowest BCUT2D eigenvalue weighted by molar-refractivity contribution is -0.394. The molecule has 2 rings (SSSR count). The highest BCUT2D eigenvalue weighted by Gasteiger charge is 2.41. The number of benzene rings is 2. The normalized spacial score (nSPS) is 12.0. The second kappa shape index (κ2) is 7.96. The third-order valence-corrected chi connectivity index (χ3v) is 4.49. The molecule has 0 bridgehead atoms. The Morgan fingerprint density at radius 1 is 0.800 bits per heavy atom. The molecular weight excluding hydrogens is 495 g/mol. The molecule has 0 unspecified atom stereocenters. The van der Waals surface area contributed by atoms with Gasteiger partial charge in [0.15, 0.2) is 0 Å². The average Bonchev–Trinajstić information content (AvgIpc) is 2.55. The Labute approximate surface area is 176 Å². The van der Waals surface area contributed by atoms with Gasteiger partial charge in [0.2, 0.25) is 0 Å². The van der Waals surface area contributed by atoms with E-state index >= 15 is 0 Å². The summed E-state index contributed by atoms with van der Waals surface area (Å²) in [6.07, 6.45) is -10.5. The zero-order valence-corrected chi connectivity index (χ0v) is 15.9. The van der Waals surface area contributed by atoms with Gasteiger partial charge in [0.25, 0.3) is 11.4 Å². The highest BCUT2D eigenvalue weighted by Crippen LogP contribution is 2.49. The molecular formula is C14H4Cl3F6N3O4. The molecule has 0 fully saturated rings. The molecule has 0 heterocycles. The van der Waals surface area contributed by atoms with Crippen molar-refractivity contribution in [3.63, 3.8) is 0 Å². The van der Waals surface area contributed by atoms with Crippen LogP contribution < -0.4 is 5.32 Å². The predicted octanol–water partition coefficient (Wildman–Crippen LogP) is 7.24. The molecule has 162 valence electrons. The van der Waals surface area contributed by atoms with Crippen molar-refractivity contribution in [2.45, 2.75) is 12.4 Å². The smallest absolute Gasteiger partial charge is 0.347 e. The van der Waals surface area contributed by atoms with Gasteiger partial charge in [0.05, 0.1) is 47.8 Å². The lowest BCUT2D eigenvalue weighted by atomic mass is 10.1. The van der Waals surface area contributed by atoms with Crippen molar-refractivity contribution in [2.24, 2.45) is 0 Å². The number of nitrogens with one attached hydrogen (secondary N) is 1. The van der Waals surface area contributed by atoms with Crippen molar-refractivity contribution < 1.29 is 36.2 Å². The van der Waals surface area contributed by atoms with E-state index in [0.29, 0.717) is 6.07 Å². The maximum absolute atomic E-state index is 13.4. The Balaban J connectivity index is 2.87.